The first-order valence-corrected chi connectivity index (χ1v) is 22.1. The standard InChI is InChI=1S/C57H39BN2S/c1-57(2)46-20-5-3-14-42(46)44-18-11-16-40(54(44)57)36-28-32-38(33-29-36)59-49-23-8-6-21-47(49)58-48-22-7-9-24-50(48)60(52-26-13-25-51(59)55(52)58)39-34-30-37(31-35-39)41-17-12-19-45-43-15-4-10-27-53(43)61-56(41)45/h3-35H,1-2H3. The molecule has 0 atom stereocenters. The maximum atomic E-state index is 2.49. The average Bonchev–Trinajstić information content (AvgIpc) is 3.81. The second kappa shape index (κ2) is 12.9. The van der Waals surface area contributed by atoms with Crippen molar-refractivity contribution in [2.45, 2.75) is 19.3 Å². The quantitative estimate of drug-likeness (QED) is 0.164. The molecule has 9 aromatic carbocycles. The van der Waals surface area contributed by atoms with Gasteiger partial charge < -0.3 is 9.80 Å². The zero-order valence-corrected chi connectivity index (χ0v) is 34.7. The number of thiophene rings is 1. The maximum Gasteiger partial charge on any atom is 0.252 e. The Bertz CT molecular complexity index is 3420. The molecule has 0 N–H and O–H groups in total. The van der Waals surface area contributed by atoms with E-state index in [2.05, 4.69) is 224 Å². The molecule has 61 heavy (non-hydrogen) atoms. The third-order valence-corrected chi connectivity index (χ3v) is 14.9. The zero-order valence-electron chi connectivity index (χ0n) is 33.9. The van der Waals surface area contributed by atoms with Crippen LogP contribution in [0.1, 0.15) is 25.0 Å². The summed E-state index contributed by atoms with van der Waals surface area (Å²) in [5.41, 5.74) is 21.7. The molecule has 1 aromatic heterocycles. The molecule has 0 unspecified atom stereocenters. The lowest BCUT2D eigenvalue weighted by atomic mass is 9.33. The van der Waals surface area contributed by atoms with Gasteiger partial charge in [-0.05, 0) is 115 Å². The number of benzene rings is 9. The van der Waals surface area contributed by atoms with Crippen molar-refractivity contribution in [1.82, 2.24) is 0 Å². The van der Waals surface area contributed by atoms with Crippen LogP contribution in [0.25, 0.3) is 53.6 Å². The fraction of sp³-hybridized carbons (Fsp3) is 0.0526. The summed E-state index contributed by atoms with van der Waals surface area (Å²) in [7, 11) is 0. The molecule has 0 saturated carbocycles. The van der Waals surface area contributed by atoms with Gasteiger partial charge in [0.1, 0.15) is 0 Å². The number of nitrogens with zero attached hydrogens (tertiary/aromatic N) is 2. The van der Waals surface area contributed by atoms with Crippen molar-refractivity contribution in [3.8, 4) is 33.4 Å². The van der Waals surface area contributed by atoms with E-state index in [1.807, 2.05) is 11.3 Å². The molecule has 10 aromatic rings. The SMILES string of the molecule is CC1(C)c2ccccc2-c2cccc(-c3ccc(N4c5ccccc5B5c6ccccc6N(c6ccc(-c7cccc8c7sc7ccccc78)cc6)c6cccc4c65)cc3)c21. The molecule has 0 saturated heterocycles. The van der Waals surface area contributed by atoms with Gasteiger partial charge in [0.05, 0.1) is 0 Å². The lowest BCUT2D eigenvalue weighted by Gasteiger charge is -2.44. The molecule has 0 fully saturated rings. The minimum Gasteiger partial charge on any atom is -0.311 e. The third kappa shape index (κ3) is 4.91. The molecule has 4 heteroatoms. The Morgan fingerprint density at radius 3 is 1.61 bits per heavy atom. The molecule has 3 heterocycles. The topological polar surface area (TPSA) is 6.48 Å². The first-order valence-electron chi connectivity index (χ1n) is 21.3. The highest BCUT2D eigenvalue weighted by atomic mass is 32.1. The van der Waals surface area contributed by atoms with E-state index in [1.54, 1.807) is 0 Å². The minimum absolute atomic E-state index is 0.0825. The smallest absolute Gasteiger partial charge is 0.252 e. The lowest BCUT2D eigenvalue weighted by molar-refractivity contribution is 0.662. The molecule has 0 radical (unpaired) electrons. The average molecular weight is 795 g/mol. The van der Waals surface area contributed by atoms with Crippen molar-refractivity contribution in [3.63, 3.8) is 0 Å². The second-order valence-electron chi connectivity index (χ2n) is 17.2. The normalized spacial score (nSPS) is 14.1. The fourth-order valence-electron chi connectivity index (χ4n) is 11.0. The van der Waals surface area contributed by atoms with E-state index in [0.29, 0.717) is 0 Å². The van der Waals surface area contributed by atoms with E-state index < -0.39 is 0 Å². The highest BCUT2D eigenvalue weighted by molar-refractivity contribution is 7.26. The van der Waals surface area contributed by atoms with Gasteiger partial charge in [-0.3, -0.25) is 0 Å². The molecule has 3 aliphatic rings. The van der Waals surface area contributed by atoms with Gasteiger partial charge in [-0.15, -0.1) is 11.3 Å². The Balaban J connectivity index is 0.930. The number of hydrogen-bond donors (Lipinski definition) is 0. The number of para-hydroxylation sites is 2. The molecular weight excluding hydrogens is 756 g/mol. The zero-order chi connectivity index (χ0) is 40.4. The monoisotopic (exact) mass is 794 g/mol. The maximum absolute atomic E-state index is 2.49. The van der Waals surface area contributed by atoms with E-state index in [0.717, 1.165) is 11.4 Å². The van der Waals surface area contributed by atoms with E-state index in [-0.39, 0.29) is 12.1 Å². The molecule has 13 rings (SSSR count). The van der Waals surface area contributed by atoms with Crippen LogP contribution in [0.15, 0.2) is 200 Å². The van der Waals surface area contributed by atoms with Crippen LogP contribution in [0.2, 0.25) is 0 Å². The summed E-state index contributed by atoms with van der Waals surface area (Å²) in [5, 5.41) is 2.66. The Kier molecular flexibility index (Phi) is 7.36. The first kappa shape index (κ1) is 34.7. The predicted molar refractivity (Wildman–Crippen MR) is 262 cm³/mol. The van der Waals surface area contributed by atoms with Crippen molar-refractivity contribution < 1.29 is 0 Å². The largest absolute Gasteiger partial charge is 0.311 e. The van der Waals surface area contributed by atoms with Gasteiger partial charge in [0.15, 0.2) is 0 Å². The Labute approximate surface area is 360 Å². The third-order valence-electron chi connectivity index (χ3n) is 13.7. The highest BCUT2D eigenvalue weighted by Gasteiger charge is 2.43. The summed E-state index contributed by atoms with van der Waals surface area (Å²) in [6, 6.07) is 74.7. The molecule has 2 aliphatic heterocycles. The number of rotatable bonds is 4. The van der Waals surface area contributed by atoms with Gasteiger partial charge in [-0.1, -0.05) is 159 Å². The van der Waals surface area contributed by atoms with Crippen LogP contribution < -0.4 is 26.2 Å². The van der Waals surface area contributed by atoms with Crippen LogP contribution in [0, 0.1) is 0 Å². The highest BCUT2D eigenvalue weighted by Crippen LogP contribution is 2.52. The summed E-state index contributed by atoms with van der Waals surface area (Å²) in [4.78, 5) is 4.98. The predicted octanol–water partition coefficient (Wildman–Crippen LogP) is 13.8. The van der Waals surface area contributed by atoms with Crippen molar-refractivity contribution in [2.24, 2.45) is 0 Å². The van der Waals surface area contributed by atoms with Gasteiger partial charge >= 0.3 is 0 Å². The van der Waals surface area contributed by atoms with Crippen molar-refractivity contribution in [2.75, 3.05) is 9.80 Å². The van der Waals surface area contributed by atoms with Crippen LogP contribution in [0.4, 0.5) is 34.1 Å². The summed E-state index contributed by atoms with van der Waals surface area (Å²) in [6.07, 6.45) is 0. The first-order chi connectivity index (χ1) is 30.0. The van der Waals surface area contributed by atoms with Crippen LogP contribution in [0.3, 0.4) is 0 Å². The van der Waals surface area contributed by atoms with Gasteiger partial charge in [0, 0.05) is 59.7 Å². The van der Waals surface area contributed by atoms with Crippen LogP contribution >= 0.6 is 11.3 Å². The number of anilines is 6. The van der Waals surface area contributed by atoms with Gasteiger partial charge in [-0.25, -0.2) is 0 Å². The molecule has 0 spiro atoms. The van der Waals surface area contributed by atoms with Crippen LogP contribution in [-0.4, -0.2) is 6.71 Å². The van der Waals surface area contributed by atoms with Gasteiger partial charge in [-0.2, -0.15) is 0 Å². The minimum atomic E-state index is -0.0825. The Morgan fingerprint density at radius 1 is 0.410 bits per heavy atom. The van der Waals surface area contributed by atoms with Crippen molar-refractivity contribution in [1.29, 1.82) is 0 Å². The van der Waals surface area contributed by atoms with E-state index in [1.165, 1.54) is 104 Å². The van der Waals surface area contributed by atoms with Crippen LogP contribution in [-0.2, 0) is 5.41 Å². The molecule has 0 amide bonds. The molecule has 2 nitrogen and oxygen atoms in total. The summed E-state index contributed by atoms with van der Waals surface area (Å²) in [6.45, 7) is 4.85. The fourth-order valence-corrected chi connectivity index (χ4v) is 12.3. The van der Waals surface area contributed by atoms with Gasteiger partial charge in [0.25, 0.3) is 6.71 Å². The lowest BCUT2D eigenvalue weighted by Crippen LogP contribution is -2.61. The second-order valence-corrected chi connectivity index (χ2v) is 18.3. The molecule has 286 valence electrons. The van der Waals surface area contributed by atoms with E-state index >= 15 is 0 Å². The van der Waals surface area contributed by atoms with Gasteiger partial charge in [0.2, 0.25) is 0 Å². The number of fused-ring (bicyclic) bond motifs is 10. The van der Waals surface area contributed by atoms with E-state index in [4.69, 9.17) is 0 Å². The molecule has 0 bridgehead atoms. The number of hydrogen-bond acceptors (Lipinski definition) is 3. The Hall–Kier alpha value is -7.14. The molecule has 1 aliphatic carbocycles. The van der Waals surface area contributed by atoms with Crippen LogP contribution in [0.5, 0.6) is 0 Å². The summed E-state index contributed by atoms with van der Waals surface area (Å²) < 4.78 is 2.67. The van der Waals surface area contributed by atoms with Crippen molar-refractivity contribution in [3.05, 3.63) is 211 Å². The summed E-state index contributed by atoms with van der Waals surface area (Å²) in [5.74, 6) is 0. The summed E-state index contributed by atoms with van der Waals surface area (Å²) >= 11 is 1.89. The van der Waals surface area contributed by atoms with Crippen molar-refractivity contribution >= 4 is 88.7 Å². The Morgan fingerprint density at radius 2 is 0.902 bits per heavy atom. The molecular formula is C57H39BN2S. The van der Waals surface area contributed by atoms with E-state index in [9.17, 15) is 0 Å².